The summed E-state index contributed by atoms with van der Waals surface area (Å²) in [4.78, 5) is 24.7. The number of aryl methyl sites for hydroxylation is 1. The number of primary amides is 1. The third-order valence-corrected chi connectivity index (χ3v) is 3.72. The summed E-state index contributed by atoms with van der Waals surface area (Å²) in [7, 11) is 0. The molecule has 2 rings (SSSR count). The van der Waals surface area contributed by atoms with Gasteiger partial charge in [0.15, 0.2) is 23.8 Å². The molecule has 0 bridgehead atoms. The first-order chi connectivity index (χ1) is 10.3. The lowest BCUT2D eigenvalue weighted by molar-refractivity contribution is -0.150. The maximum absolute atomic E-state index is 13.5. The van der Waals surface area contributed by atoms with Gasteiger partial charge in [0.25, 0.3) is 11.8 Å². The van der Waals surface area contributed by atoms with Crippen molar-refractivity contribution in [2.45, 2.75) is 25.4 Å². The SMILES string of the molecule is Cc1ccc(F)c(OCC(=O)N2CCCC(O)(C(N)=O)C2)c1. The predicted molar refractivity (Wildman–Crippen MR) is 76.6 cm³/mol. The van der Waals surface area contributed by atoms with Crippen LogP contribution < -0.4 is 10.5 Å². The molecule has 0 saturated carbocycles. The van der Waals surface area contributed by atoms with E-state index in [9.17, 15) is 19.1 Å². The first-order valence-electron chi connectivity index (χ1n) is 7.01. The molecular weight excluding hydrogens is 291 g/mol. The van der Waals surface area contributed by atoms with Gasteiger partial charge in [-0.15, -0.1) is 0 Å². The zero-order valence-electron chi connectivity index (χ0n) is 12.3. The molecule has 2 amide bonds. The van der Waals surface area contributed by atoms with Crippen LogP contribution in [0, 0.1) is 12.7 Å². The second-order valence-corrected chi connectivity index (χ2v) is 5.54. The maximum atomic E-state index is 13.5. The van der Waals surface area contributed by atoms with Gasteiger partial charge in [-0.3, -0.25) is 9.59 Å². The van der Waals surface area contributed by atoms with Crippen LogP contribution in [0.25, 0.3) is 0 Å². The van der Waals surface area contributed by atoms with Crippen molar-refractivity contribution in [3.8, 4) is 5.75 Å². The Morgan fingerprint density at radius 1 is 1.50 bits per heavy atom. The predicted octanol–water partition coefficient (Wildman–Crippen LogP) is 0.352. The largest absolute Gasteiger partial charge is 0.481 e. The summed E-state index contributed by atoms with van der Waals surface area (Å²) in [5, 5.41) is 10.1. The average molecular weight is 310 g/mol. The van der Waals surface area contributed by atoms with Crippen molar-refractivity contribution >= 4 is 11.8 Å². The fourth-order valence-electron chi connectivity index (χ4n) is 2.40. The highest BCUT2D eigenvalue weighted by Gasteiger charge is 2.40. The second-order valence-electron chi connectivity index (χ2n) is 5.54. The molecule has 120 valence electrons. The maximum Gasteiger partial charge on any atom is 0.260 e. The molecule has 22 heavy (non-hydrogen) atoms. The quantitative estimate of drug-likeness (QED) is 0.839. The van der Waals surface area contributed by atoms with E-state index in [2.05, 4.69) is 0 Å². The average Bonchev–Trinajstić information content (AvgIpc) is 2.47. The number of amides is 2. The number of piperidine rings is 1. The van der Waals surface area contributed by atoms with Crippen LogP contribution in [0.2, 0.25) is 0 Å². The molecule has 0 radical (unpaired) electrons. The first-order valence-corrected chi connectivity index (χ1v) is 7.01. The molecule has 1 saturated heterocycles. The topological polar surface area (TPSA) is 92.9 Å². The number of hydrogen-bond acceptors (Lipinski definition) is 4. The fraction of sp³-hybridized carbons (Fsp3) is 0.467. The lowest BCUT2D eigenvalue weighted by Crippen LogP contribution is -2.57. The number of benzene rings is 1. The Bertz CT molecular complexity index is 593. The monoisotopic (exact) mass is 310 g/mol. The molecule has 0 aliphatic carbocycles. The van der Waals surface area contributed by atoms with Crippen LogP contribution in [-0.4, -0.2) is 47.1 Å². The summed E-state index contributed by atoms with van der Waals surface area (Å²) in [5.41, 5.74) is 4.26. The van der Waals surface area contributed by atoms with E-state index in [0.29, 0.717) is 13.0 Å². The molecule has 1 atom stereocenters. The number of hydrogen-bond donors (Lipinski definition) is 2. The molecule has 1 aliphatic heterocycles. The summed E-state index contributed by atoms with van der Waals surface area (Å²) in [6.45, 7) is 1.65. The third-order valence-electron chi connectivity index (χ3n) is 3.72. The number of β-amino-alcohol motifs (C(OH)–C–C–N with tert-alkyl or cyclic N) is 1. The molecule has 0 aromatic heterocycles. The molecule has 1 heterocycles. The van der Waals surface area contributed by atoms with Crippen LogP contribution in [0.3, 0.4) is 0 Å². The zero-order chi connectivity index (χ0) is 16.3. The van der Waals surface area contributed by atoms with E-state index >= 15 is 0 Å². The van der Waals surface area contributed by atoms with Crippen molar-refractivity contribution in [1.82, 2.24) is 4.90 Å². The molecule has 0 spiro atoms. The molecule has 7 heteroatoms. The van der Waals surface area contributed by atoms with E-state index in [1.807, 2.05) is 0 Å². The lowest BCUT2D eigenvalue weighted by atomic mass is 9.92. The van der Waals surface area contributed by atoms with Crippen molar-refractivity contribution in [3.63, 3.8) is 0 Å². The normalized spacial score (nSPS) is 21.5. The third kappa shape index (κ3) is 3.54. The van der Waals surface area contributed by atoms with Crippen LogP contribution in [-0.2, 0) is 9.59 Å². The van der Waals surface area contributed by atoms with Gasteiger partial charge in [-0.05, 0) is 37.5 Å². The number of halogens is 1. The molecule has 1 aromatic rings. The van der Waals surface area contributed by atoms with Gasteiger partial charge >= 0.3 is 0 Å². The van der Waals surface area contributed by atoms with Crippen LogP contribution in [0.4, 0.5) is 4.39 Å². The van der Waals surface area contributed by atoms with Crippen LogP contribution in [0.5, 0.6) is 5.75 Å². The van der Waals surface area contributed by atoms with Gasteiger partial charge in [0.05, 0.1) is 6.54 Å². The van der Waals surface area contributed by atoms with Crippen LogP contribution in [0.1, 0.15) is 18.4 Å². The van der Waals surface area contributed by atoms with Crippen molar-refractivity contribution in [2.75, 3.05) is 19.7 Å². The Balaban J connectivity index is 1.97. The van der Waals surface area contributed by atoms with Gasteiger partial charge < -0.3 is 20.5 Å². The molecule has 1 fully saturated rings. The van der Waals surface area contributed by atoms with E-state index in [1.165, 1.54) is 17.0 Å². The van der Waals surface area contributed by atoms with Gasteiger partial charge in [-0.2, -0.15) is 0 Å². The summed E-state index contributed by atoms with van der Waals surface area (Å²) < 4.78 is 18.7. The van der Waals surface area contributed by atoms with E-state index in [1.54, 1.807) is 13.0 Å². The van der Waals surface area contributed by atoms with Gasteiger partial charge in [0.2, 0.25) is 0 Å². The Morgan fingerprint density at radius 2 is 2.23 bits per heavy atom. The lowest BCUT2D eigenvalue weighted by Gasteiger charge is -2.36. The minimum atomic E-state index is -1.71. The summed E-state index contributed by atoms with van der Waals surface area (Å²) in [5.74, 6) is -1.84. The highest BCUT2D eigenvalue weighted by molar-refractivity contribution is 5.85. The van der Waals surface area contributed by atoms with Gasteiger partial charge in [0.1, 0.15) is 0 Å². The Hall–Kier alpha value is -2.15. The van der Waals surface area contributed by atoms with Crippen molar-refractivity contribution < 1.29 is 23.8 Å². The molecule has 1 unspecified atom stereocenters. The minimum Gasteiger partial charge on any atom is -0.481 e. The van der Waals surface area contributed by atoms with E-state index in [0.717, 1.165) is 5.56 Å². The molecule has 3 N–H and O–H groups in total. The molecule has 1 aliphatic rings. The van der Waals surface area contributed by atoms with Gasteiger partial charge in [0, 0.05) is 6.54 Å². The van der Waals surface area contributed by atoms with Crippen LogP contribution >= 0.6 is 0 Å². The van der Waals surface area contributed by atoms with Crippen molar-refractivity contribution in [1.29, 1.82) is 0 Å². The Labute approximate surface area is 127 Å². The molecule has 1 aromatic carbocycles. The smallest absolute Gasteiger partial charge is 0.260 e. The van der Waals surface area contributed by atoms with Crippen LogP contribution in [0.15, 0.2) is 18.2 Å². The van der Waals surface area contributed by atoms with E-state index in [4.69, 9.17) is 10.5 Å². The van der Waals surface area contributed by atoms with E-state index in [-0.39, 0.29) is 25.3 Å². The zero-order valence-corrected chi connectivity index (χ0v) is 12.3. The number of carbonyl (C=O) groups is 2. The first kappa shape index (κ1) is 16.2. The number of rotatable bonds is 4. The Kier molecular flexibility index (Phi) is 4.65. The number of nitrogens with two attached hydrogens (primary N) is 1. The number of ether oxygens (including phenoxy) is 1. The number of likely N-dealkylation sites (tertiary alicyclic amines) is 1. The summed E-state index contributed by atoms with van der Waals surface area (Å²) in [6, 6.07) is 4.36. The highest BCUT2D eigenvalue weighted by atomic mass is 19.1. The summed E-state index contributed by atoms with van der Waals surface area (Å²) in [6.07, 6.45) is 0.684. The highest BCUT2D eigenvalue weighted by Crippen LogP contribution is 2.22. The van der Waals surface area contributed by atoms with E-state index < -0.39 is 23.2 Å². The standard InChI is InChI=1S/C15H19FN2O4/c1-10-3-4-11(16)12(7-10)22-8-13(19)18-6-2-5-15(21,9-18)14(17)20/h3-4,7,21H,2,5-6,8-9H2,1H3,(H2,17,20). The van der Waals surface area contributed by atoms with Gasteiger partial charge in [-0.25, -0.2) is 4.39 Å². The van der Waals surface area contributed by atoms with Gasteiger partial charge in [-0.1, -0.05) is 6.07 Å². The second kappa shape index (κ2) is 6.31. The number of aliphatic hydroxyl groups is 1. The molecular formula is C15H19FN2O4. The minimum absolute atomic E-state index is 0.00415. The van der Waals surface area contributed by atoms with Crippen molar-refractivity contribution in [2.24, 2.45) is 5.73 Å². The van der Waals surface area contributed by atoms with Crippen molar-refractivity contribution in [3.05, 3.63) is 29.6 Å². The fourth-order valence-corrected chi connectivity index (χ4v) is 2.40. The number of carbonyl (C=O) groups excluding carboxylic acids is 2. The molecule has 6 nitrogen and oxygen atoms in total. The Morgan fingerprint density at radius 3 is 2.91 bits per heavy atom. The number of nitrogens with zero attached hydrogens (tertiary/aromatic N) is 1. The summed E-state index contributed by atoms with van der Waals surface area (Å²) >= 11 is 0.